The van der Waals surface area contributed by atoms with Gasteiger partial charge < -0.3 is 9.32 Å². The van der Waals surface area contributed by atoms with E-state index in [1.807, 2.05) is 54.9 Å². The Kier molecular flexibility index (Phi) is 4.90. The zero-order valence-electron chi connectivity index (χ0n) is 16.4. The number of hydrogen-bond donors (Lipinski definition) is 0. The van der Waals surface area contributed by atoms with Gasteiger partial charge in [-0.25, -0.2) is 0 Å². The highest BCUT2D eigenvalue weighted by Crippen LogP contribution is 2.30. The molecule has 29 heavy (non-hydrogen) atoms. The average molecular weight is 387 g/mol. The van der Waals surface area contributed by atoms with Gasteiger partial charge in [0, 0.05) is 55.7 Å². The predicted octanol–water partition coefficient (Wildman–Crippen LogP) is 4.08. The molecule has 0 unspecified atom stereocenters. The molecular formula is C24H25N3O2. The maximum atomic E-state index is 13.4. The highest BCUT2D eigenvalue weighted by atomic mass is 16.3. The van der Waals surface area contributed by atoms with Gasteiger partial charge in [-0.05, 0) is 54.7 Å². The highest BCUT2D eigenvalue weighted by Gasteiger charge is 2.37. The van der Waals surface area contributed by atoms with Crippen LogP contribution in [-0.4, -0.2) is 46.4 Å². The van der Waals surface area contributed by atoms with Gasteiger partial charge in [0.15, 0.2) is 0 Å². The van der Waals surface area contributed by atoms with Crippen molar-refractivity contribution in [2.75, 3.05) is 19.6 Å². The van der Waals surface area contributed by atoms with Crippen molar-refractivity contribution in [3.8, 4) is 11.3 Å². The van der Waals surface area contributed by atoms with E-state index in [1.165, 1.54) is 12.0 Å². The highest BCUT2D eigenvalue weighted by molar-refractivity contribution is 5.95. The predicted molar refractivity (Wildman–Crippen MR) is 111 cm³/mol. The van der Waals surface area contributed by atoms with Gasteiger partial charge in [-0.15, -0.1) is 0 Å². The first-order chi connectivity index (χ1) is 14.3. The van der Waals surface area contributed by atoms with Crippen molar-refractivity contribution in [2.45, 2.75) is 25.4 Å². The van der Waals surface area contributed by atoms with Gasteiger partial charge in [-0.2, -0.15) is 0 Å². The van der Waals surface area contributed by atoms with Crippen LogP contribution in [-0.2, 0) is 6.54 Å². The van der Waals surface area contributed by atoms with Crippen LogP contribution in [0.1, 0.15) is 28.8 Å². The Balaban J connectivity index is 1.34. The molecule has 2 bridgehead atoms. The van der Waals surface area contributed by atoms with Crippen LogP contribution < -0.4 is 0 Å². The van der Waals surface area contributed by atoms with Gasteiger partial charge in [0.05, 0.1) is 6.26 Å². The van der Waals surface area contributed by atoms with Gasteiger partial charge in [0.2, 0.25) is 0 Å². The molecule has 3 aromatic rings. The topological polar surface area (TPSA) is 49.6 Å². The molecule has 0 saturated carbocycles. The van der Waals surface area contributed by atoms with Crippen LogP contribution in [0.25, 0.3) is 11.3 Å². The molecule has 0 aliphatic carbocycles. The van der Waals surface area contributed by atoms with E-state index in [0.717, 1.165) is 49.5 Å². The summed E-state index contributed by atoms with van der Waals surface area (Å²) < 4.78 is 5.50. The van der Waals surface area contributed by atoms with E-state index in [-0.39, 0.29) is 11.9 Å². The zero-order valence-corrected chi connectivity index (χ0v) is 16.4. The minimum Gasteiger partial charge on any atom is -0.464 e. The zero-order chi connectivity index (χ0) is 19.6. The van der Waals surface area contributed by atoms with E-state index in [0.29, 0.717) is 5.92 Å². The first-order valence-electron chi connectivity index (χ1n) is 10.3. The third kappa shape index (κ3) is 3.83. The molecule has 3 aliphatic rings. The molecule has 0 N–H and O–H groups in total. The Bertz CT molecular complexity index is 971. The summed E-state index contributed by atoms with van der Waals surface area (Å²) in [5.41, 5.74) is 2.92. The molecule has 3 aliphatic heterocycles. The number of rotatable bonds is 4. The maximum absolute atomic E-state index is 13.4. The number of amides is 1. The number of piperidine rings is 1. The van der Waals surface area contributed by atoms with Gasteiger partial charge in [-0.3, -0.25) is 14.7 Å². The van der Waals surface area contributed by atoms with E-state index in [1.54, 1.807) is 6.26 Å². The third-order valence-corrected chi connectivity index (χ3v) is 6.09. The van der Waals surface area contributed by atoms with E-state index in [2.05, 4.69) is 20.9 Å². The fourth-order valence-corrected chi connectivity index (χ4v) is 4.72. The first kappa shape index (κ1) is 18.1. The van der Waals surface area contributed by atoms with E-state index in [4.69, 9.17) is 4.42 Å². The Morgan fingerprint density at radius 1 is 1.07 bits per heavy atom. The fourth-order valence-electron chi connectivity index (χ4n) is 4.72. The fraction of sp³-hybridized carbons (Fsp3) is 0.333. The molecule has 6 rings (SSSR count). The van der Waals surface area contributed by atoms with Crippen molar-refractivity contribution in [3.63, 3.8) is 0 Å². The standard InChI is InChI=1S/C24H25N3O2/c28-24(21-6-1-5-20(12-21)23-7-3-11-29-23)27-16-19-8-9-22(27)17-26(15-19)14-18-4-2-10-25-13-18/h1-7,10-13,19,22H,8-9,14-17H2/t19-,22+/m0/s1. The van der Waals surface area contributed by atoms with Crippen molar-refractivity contribution < 1.29 is 9.21 Å². The van der Waals surface area contributed by atoms with E-state index < -0.39 is 0 Å². The lowest BCUT2D eigenvalue weighted by Gasteiger charge is -2.36. The second-order valence-corrected chi connectivity index (χ2v) is 8.17. The van der Waals surface area contributed by atoms with Crippen molar-refractivity contribution in [1.82, 2.24) is 14.8 Å². The lowest BCUT2D eigenvalue weighted by molar-refractivity contribution is 0.0585. The first-order valence-corrected chi connectivity index (χ1v) is 10.3. The molecule has 3 fully saturated rings. The number of hydrogen-bond acceptors (Lipinski definition) is 4. The van der Waals surface area contributed by atoms with E-state index >= 15 is 0 Å². The molecule has 148 valence electrons. The molecule has 0 spiro atoms. The summed E-state index contributed by atoms with van der Waals surface area (Å²) in [5, 5.41) is 0. The molecule has 2 aromatic heterocycles. The van der Waals surface area contributed by atoms with Crippen LogP contribution >= 0.6 is 0 Å². The Labute approximate surface area is 171 Å². The quantitative estimate of drug-likeness (QED) is 0.677. The van der Waals surface area contributed by atoms with Crippen LogP contribution in [0.2, 0.25) is 0 Å². The minimum absolute atomic E-state index is 0.135. The SMILES string of the molecule is O=C(c1cccc(-c2ccco2)c1)N1C[C@H]2CC[C@@H]1CN(Cc1cccnc1)C2. The van der Waals surface area contributed by atoms with Gasteiger partial charge in [0.1, 0.15) is 5.76 Å². The summed E-state index contributed by atoms with van der Waals surface area (Å²) in [6, 6.07) is 16.0. The Morgan fingerprint density at radius 3 is 2.86 bits per heavy atom. The summed E-state index contributed by atoms with van der Waals surface area (Å²) in [7, 11) is 0. The number of benzene rings is 1. The molecule has 5 heterocycles. The lowest BCUT2D eigenvalue weighted by Crippen LogP contribution is -2.47. The molecule has 3 saturated heterocycles. The largest absolute Gasteiger partial charge is 0.464 e. The lowest BCUT2D eigenvalue weighted by atomic mass is 9.94. The summed E-state index contributed by atoms with van der Waals surface area (Å²) in [6.07, 6.45) is 7.69. The normalized spacial score (nSPS) is 21.9. The van der Waals surface area contributed by atoms with Crippen molar-refractivity contribution in [2.24, 2.45) is 5.92 Å². The summed E-state index contributed by atoms with van der Waals surface area (Å²) in [5.74, 6) is 1.46. The minimum atomic E-state index is 0.135. The number of carbonyl (C=O) groups excluding carboxylic acids is 1. The van der Waals surface area contributed by atoms with Crippen LogP contribution in [0.4, 0.5) is 0 Å². The van der Waals surface area contributed by atoms with Gasteiger partial charge in [0.25, 0.3) is 5.91 Å². The maximum Gasteiger partial charge on any atom is 0.254 e. The summed E-state index contributed by atoms with van der Waals surface area (Å²) >= 11 is 0. The van der Waals surface area contributed by atoms with Crippen molar-refractivity contribution in [1.29, 1.82) is 0 Å². The van der Waals surface area contributed by atoms with Crippen molar-refractivity contribution >= 4 is 5.91 Å². The Hall–Kier alpha value is -2.92. The van der Waals surface area contributed by atoms with Gasteiger partial charge >= 0.3 is 0 Å². The molecule has 1 amide bonds. The Morgan fingerprint density at radius 2 is 2.03 bits per heavy atom. The summed E-state index contributed by atoms with van der Waals surface area (Å²) in [6.45, 7) is 3.71. The molecule has 1 aromatic carbocycles. The van der Waals surface area contributed by atoms with Crippen LogP contribution in [0.5, 0.6) is 0 Å². The van der Waals surface area contributed by atoms with Crippen LogP contribution in [0.3, 0.4) is 0 Å². The molecule has 0 radical (unpaired) electrons. The third-order valence-electron chi connectivity index (χ3n) is 6.09. The van der Waals surface area contributed by atoms with Gasteiger partial charge in [-0.1, -0.05) is 18.2 Å². The average Bonchev–Trinajstić information content (AvgIpc) is 3.17. The molecule has 5 heteroatoms. The number of fused-ring (bicyclic) bond motifs is 4. The number of nitrogens with zero attached hydrogens (tertiary/aromatic N) is 3. The second-order valence-electron chi connectivity index (χ2n) is 8.17. The number of carbonyl (C=O) groups is 1. The number of aromatic nitrogens is 1. The molecular weight excluding hydrogens is 362 g/mol. The molecule has 5 nitrogen and oxygen atoms in total. The second kappa shape index (κ2) is 7.84. The smallest absolute Gasteiger partial charge is 0.254 e. The van der Waals surface area contributed by atoms with E-state index in [9.17, 15) is 4.79 Å². The van der Waals surface area contributed by atoms with Crippen LogP contribution in [0, 0.1) is 5.92 Å². The van der Waals surface area contributed by atoms with Crippen LogP contribution in [0.15, 0.2) is 71.6 Å². The molecule has 2 atom stereocenters. The monoisotopic (exact) mass is 387 g/mol. The summed E-state index contributed by atoms with van der Waals surface area (Å²) in [4.78, 5) is 22.2. The van der Waals surface area contributed by atoms with Crippen molar-refractivity contribution in [3.05, 3.63) is 78.3 Å². The number of pyridine rings is 1. The number of furan rings is 1.